The number of carboxylic acids is 1. The van der Waals surface area contributed by atoms with Gasteiger partial charge in [-0.05, 0) is 75.6 Å². The number of rotatable bonds is 8. The Balaban J connectivity index is 1.47. The number of fused-ring (bicyclic) bond motifs is 3. The summed E-state index contributed by atoms with van der Waals surface area (Å²) in [5, 5.41) is 15.3. The van der Waals surface area contributed by atoms with Crippen LogP contribution in [0.2, 0.25) is 0 Å². The molecule has 1 atom stereocenters. The second-order valence-corrected chi connectivity index (χ2v) is 10.9. The molecule has 0 aliphatic heterocycles. The van der Waals surface area contributed by atoms with E-state index in [0.29, 0.717) is 0 Å². The number of carboxylic acid groups (broad SMARTS) is 1. The molecule has 2 aromatic rings. The third kappa shape index (κ3) is 4.40. The number of carbonyl (C=O) groups is 3. The number of hydrogen-bond donors (Lipinski definition) is 3. The maximum absolute atomic E-state index is 13.4. The van der Waals surface area contributed by atoms with E-state index in [1.807, 2.05) is 24.3 Å². The molecule has 2 aromatic carbocycles. The number of amides is 2. The van der Waals surface area contributed by atoms with E-state index in [2.05, 4.69) is 34.9 Å². The predicted molar refractivity (Wildman–Crippen MR) is 133 cm³/mol. The molecular weight excluding hydrogens is 444 g/mol. The van der Waals surface area contributed by atoms with E-state index < -0.39 is 34.5 Å². The van der Waals surface area contributed by atoms with Gasteiger partial charge in [-0.3, -0.25) is 9.59 Å². The second-order valence-electron chi connectivity index (χ2n) is 10.9. The van der Waals surface area contributed by atoms with Crippen molar-refractivity contribution in [2.45, 2.75) is 64.5 Å². The van der Waals surface area contributed by atoms with E-state index >= 15 is 0 Å². The molecule has 2 aliphatic rings. The molecule has 1 unspecified atom stereocenters. The van der Waals surface area contributed by atoms with Gasteiger partial charge in [-0.2, -0.15) is 0 Å². The quantitative estimate of drug-likeness (QED) is 0.510. The van der Waals surface area contributed by atoms with Crippen molar-refractivity contribution in [3.05, 3.63) is 59.7 Å². The third-order valence-corrected chi connectivity index (χ3v) is 8.09. The standard InChI is InChI=1S/C28H34N2O5/c1-26(2,24(32)33)27(3,4)29-23(31)28(5,17-14-15-17)30-25(34)35-16-22-20-12-8-6-10-18(20)19-11-7-9-13-21(19)22/h6-13,17,22H,14-16H2,1-5H3,(H,29,31)(H,30,34)(H,32,33). The van der Waals surface area contributed by atoms with Crippen molar-refractivity contribution in [3.63, 3.8) is 0 Å². The van der Waals surface area contributed by atoms with Crippen LogP contribution in [-0.2, 0) is 14.3 Å². The fourth-order valence-corrected chi connectivity index (χ4v) is 4.69. The Morgan fingerprint density at radius 1 is 0.886 bits per heavy atom. The molecule has 0 heterocycles. The van der Waals surface area contributed by atoms with Crippen molar-refractivity contribution in [1.29, 1.82) is 0 Å². The van der Waals surface area contributed by atoms with Crippen LogP contribution < -0.4 is 10.6 Å². The van der Waals surface area contributed by atoms with E-state index in [1.165, 1.54) is 0 Å². The summed E-state index contributed by atoms with van der Waals surface area (Å²) in [6.45, 7) is 8.34. The molecule has 2 aliphatic carbocycles. The average molecular weight is 479 g/mol. The minimum absolute atomic E-state index is 0.0354. The van der Waals surface area contributed by atoms with Crippen molar-refractivity contribution in [2.24, 2.45) is 11.3 Å². The van der Waals surface area contributed by atoms with E-state index in [0.717, 1.165) is 35.1 Å². The van der Waals surface area contributed by atoms with Crippen LogP contribution in [0.3, 0.4) is 0 Å². The number of aliphatic carboxylic acids is 1. The first-order valence-corrected chi connectivity index (χ1v) is 12.1. The molecule has 7 heteroatoms. The summed E-state index contributed by atoms with van der Waals surface area (Å²) in [4.78, 5) is 38.1. The first-order valence-electron chi connectivity index (χ1n) is 12.1. The molecule has 2 amide bonds. The van der Waals surface area contributed by atoms with Crippen LogP contribution in [-0.4, -0.2) is 40.8 Å². The number of ether oxygens (including phenoxy) is 1. The zero-order chi connectivity index (χ0) is 25.6. The molecule has 186 valence electrons. The predicted octanol–water partition coefficient (Wildman–Crippen LogP) is 4.70. The lowest BCUT2D eigenvalue weighted by Crippen LogP contribution is -2.65. The summed E-state index contributed by atoms with van der Waals surface area (Å²) in [7, 11) is 0. The average Bonchev–Trinajstić information content (AvgIpc) is 3.61. The summed E-state index contributed by atoms with van der Waals surface area (Å²) in [6.07, 6.45) is 0.943. The largest absolute Gasteiger partial charge is 0.481 e. The smallest absolute Gasteiger partial charge is 0.408 e. The van der Waals surface area contributed by atoms with Crippen LogP contribution in [0, 0.1) is 11.3 Å². The molecule has 0 aromatic heterocycles. The second kappa shape index (κ2) is 8.70. The Bertz CT molecular complexity index is 1120. The Kier molecular flexibility index (Phi) is 6.16. The number of alkyl carbamates (subject to hydrolysis) is 1. The highest BCUT2D eigenvalue weighted by Gasteiger charge is 2.52. The number of hydrogen-bond acceptors (Lipinski definition) is 4. The summed E-state index contributed by atoms with van der Waals surface area (Å²) in [5.74, 6) is -1.54. The van der Waals surface area contributed by atoms with Crippen LogP contribution in [0.1, 0.15) is 64.5 Å². The Morgan fingerprint density at radius 3 is 1.89 bits per heavy atom. The third-order valence-electron chi connectivity index (χ3n) is 8.09. The fraction of sp³-hybridized carbons (Fsp3) is 0.464. The van der Waals surface area contributed by atoms with Crippen LogP contribution in [0.15, 0.2) is 48.5 Å². The first-order chi connectivity index (χ1) is 16.4. The van der Waals surface area contributed by atoms with Gasteiger partial charge in [0, 0.05) is 5.92 Å². The molecule has 7 nitrogen and oxygen atoms in total. The van der Waals surface area contributed by atoms with Gasteiger partial charge < -0.3 is 20.5 Å². The Labute approximate surface area is 206 Å². The summed E-state index contributed by atoms with van der Waals surface area (Å²) in [6, 6.07) is 16.2. The van der Waals surface area contributed by atoms with Gasteiger partial charge in [0.15, 0.2) is 0 Å². The van der Waals surface area contributed by atoms with Gasteiger partial charge in [0.1, 0.15) is 12.1 Å². The van der Waals surface area contributed by atoms with E-state index in [1.54, 1.807) is 34.6 Å². The Morgan fingerprint density at radius 2 is 1.40 bits per heavy atom. The van der Waals surface area contributed by atoms with E-state index in [4.69, 9.17) is 4.74 Å². The molecule has 0 spiro atoms. The maximum Gasteiger partial charge on any atom is 0.408 e. The molecule has 35 heavy (non-hydrogen) atoms. The van der Waals surface area contributed by atoms with Crippen molar-refractivity contribution < 1.29 is 24.2 Å². The van der Waals surface area contributed by atoms with Crippen molar-refractivity contribution in [1.82, 2.24) is 10.6 Å². The van der Waals surface area contributed by atoms with Crippen LogP contribution in [0.25, 0.3) is 11.1 Å². The van der Waals surface area contributed by atoms with Gasteiger partial charge in [0.25, 0.3) is 0 Å². The highest BCUT2D eigenvalue weighted by Crippen LogP contribution is 2.45. The molecule has 4 rings (SSSR count). The summed E-state index contributed by atoms with van der Waals surface area (Å²) >= 11 is 0. The SMILES string of the molecule is CC(NC(=O)OCC1c2ccccc2-c2ccccc21)(C(=O)NC(C)(C)C(C)(C)C(=O)O)C1CC1. The van der Waals surface area contributed by atoms with Crippen LogP contribution >= 0.6 is 0 Å². The normalized spacial score (nSPS) is 17.1. The minimum atomic E-state index is -1.21. The lowest BCUT2D eigenvalue weighted by molar-refractivity contribution is -0.152. The molecule has 1 fully saturated rings. The number of carbonyl (C=O) groups excluding carboxylic acids is 2. The maximum atomic E-state index is 13.4. The first kappa shape index (κ1) is 24.8. The topological polar surface area (TPSA) is 105 Å². The van der Waals surface area contributed by atoms with Crippen molar-refractivity contribution >= 4 is 18.0 Å². The van der Waals surface area contributed by atoms with E-state index in [-0.39, 0.29) is 18.4 Å². The monoisotopic (exact) mass is 478 g/mol. The molecule has 3 N–H and O–H groups in total. The number of nitrogens with one attached hydrogen (secondary N) is 2. The van der Waals surface area contributed by atoms with Gasteiger partial charge in [0.2, 0.25) is 5.91 Å². The van der Waals surface area contributed by atoms with Crippen LogP contribution in [0.4, 0.5) is 4.79 Å². The van der Waals surface area contributed by atoms with Crippen LogP contribution in [0.5, 0.6) is 0 Å². The van der Waals surface area contributed by atoms with Crippen molar-refractivity contribution in [2.75, 3.05) is 6.61 Å². The van der Waals surface area contributed by atoms with Gasteiger partial charge >= 0.3 is 12.1 Å². The molecule has 0 radical (unpaired) electrons. The molecule has 1 saturated carbocycles. The molecule has 0 saturated heterocycles. The zero-order valence-electron chi connectivity index (χ0n) is 21.0. The molecular formula is C28H34N2O5. The van der Waals surface area contributed by atoms with Gasteiger partial charge in [-0.1, -0.05) is 48.5 Å². The highest BCUT2D eigenvalue weighted by molar-refractivity contribution is 5.91. The Hall–Kier alpha value is -3.35. The van der Waals surface area contributed by atoms with Gasteiger partial charge in [0.05, 0.1) is 11.0 Å². The van der Waals surface area contributed by atoms with Crippen molar-refractivity contribution in [3.8, 4) is 11.1 Å². The van der Waals surface area contributed by atoms with Gasteiger partial charge in [-0.15, -0.1) is 0 Å². The summed E-state index contributed by atoms with van der Waals surface area (Å²) in [5.41, 5.74) is 1.05. The minimum Gasteiger partial charge on any atom is -0.481 e. The highest BCUT2D eigenvalue weighted by atomic mass is 16.5. The zero-order valence-corrected chi connectivity index (χ0v) is 21.0. The van der Waals surface area contributed by atoms with Gasteiger partial charge in [-0.25, -0.2) is 4.79 Å². The fourth-order valence-electron chi connectivity index (χ4n) is 4.69. The lowest BCUT2D eigenvalue weighted by atomic mass is 9.74. The van der Waals surface area contributed by atoms with E-state index in [9.17, 15) is 19.5 Å². The number of benzene rings is 2. The lowest BCUT2D eigenvalue weighted by Gasteiger charge is -2.41. The molecule has 0 bridgehead atoms. The summed E-state index contributed by atoms with van der Waals surface area (Å²) < 4.78 is 5.67.